The van der Waals surface area contributed by atoms with Gasteiger partial charge in [-0.2, -0.15) is 0 Å². The highest BCUT2D eigenvalue weighted by Crippen LogP contribution is 2.30. The number of β-amino-alcohol motifs (C(OH)–C–C–N with tert-alkyl or cyclic N) is 1. The molecule has 190 valence electrons. The Morgan fingerprint density at radius 3 is 2.51 bits per heavy atom. The van der Waals surface area contributed by atoms with Crippen molar-refractivity contribution in [1.29, 1.82) is 0 Å². The van der Waals surface area contributed by atoms with E-state index in [2.05, 4.69) is 10.3 Å². The Morgan fingerprint density at radius 2 is 1.94 bits per heavy atom. The molecule has 1 aromatic carbocycles. The van der Waals surface area contributed by atoms with Crippen LogP contribution in [0, 0.1) is 5.41 Å². The van der Waals surface area contributed by atoms with Gasteiger partial charge in [0.1, 0.15) is 6.04 Å². The summed E-state index contributed by atoms with van der Waals surface area (Å²) >= 11 is 1.44. The third-order valence-electron chi connectivity index (χ3n) is 5.93. The van der Waals surface area contributed by atoms with Gasteiger partial charge in [0.05, 0.1) is 34.8 Å². The first-order chi connectivity index (χ1) is 16.4. The van der Waals surface area contributed by atoms with Gasteiger partial charge >= 0.3 is 6.09 Å². The number of carbonyl (C=O) groups excluding carboxylic acids is 3. The van der Waals surface area contributed by atoms with Gasteiger partial charge in [-0.1, -0.05) is 45.0 Å². The highest BCUT2D eigenvalue weighted by molar-refractivity contribution is 7.13. The number of carbonyl (C=O) groups is 3. The van der Waals surface area contributed by atoms with Crippen molar-refractivity contribution < 1.29 is 29.3 Å². The number of ether oxygens (including phenoxy) is 1. The highest BCUT2D eigenvalue weighted by Gasteiger charge is 2.45. The van der Waals surface area contributed by atoms with Crippen LogP contribution in [0.25, 0.3) is 10.4 Å². The van der Waals surface area contributed by atoms with Gasteiger partial charge in [0.2, 0.25) is 5.91 Å². The summed E-state index contributed by atoms with van der Waals surface area (Å²) in [7, 11) is 0. The molecule has 3 amide bonds. The zero-order chi connectivity index (χ0) is 25.9. The fourth-order valence-corrected chi connectivity index (χ4v) is 4.91. The summed E-state index contributed by atoms with van der Waals surface area (Å²) in [6, 6.07) is 6.27. The summed E-state index contributed by atoms with van der Waals surface area (Å²) in [6.07, 6.45) is -3.08. The molecule has 10 nitrogen and oxygen atoms in total. The van der Waals surface area contributed by atoms with Crippen LogP contribution in [-0.4, -0.2) is 62.8 Å². The molecule has 3 rings (SSSR count). The lowest BCUT2D eigenvalue weighted by Crippen LogP contribution is -2.53. The molecule has 1 aromatic heterocycles. The number of likely N-dealkylation sites (tertiary alicyclic amines) is 1. The number of amides is 3. The van der Waals surface area contributed by atoms with Crippen molar-refractivity contribution in [2.45, 2.75) is 65.0 Å². The first-order valence-electron chi connectivity index (χ1n) is 11.3. The quantitative estimate of drug-likeness (QED) is 0.449. The normalized spacial score (nSPS) is 19.8. The lowest BCUT2D eigenvalue weighted by Gasteiger charge is -2.34. The topological polar surface area (TPSA) is 155 Å². The molecule has 0 spiro atoms. The van der Waals surface area contributed by atoms with Gasteiger partial charge in [-0.15, -0.1) is 11.3 Å². The Morgan fingerprint density at radius 1 is 1.29 bits per heavy atom. The second kappa shape index (κ2) is 10.7. The smallest absolute Gasteiger partial charge is 0.405 e. The van der Waals surface area contributed by atoms with Crippen LogP contribution in [0.5, 0.6) is 0 Å². The maximum Gasteiger partial charge on any atom is 0.405 e. The first-order valence-corrected chi connectivity index (χ1v) is 12.2. The van der Waals surface area contributed by atoms with E-state index in [1.165, 1.54) is 16.2 Å². The van der Waals surface area contributed by atoms with Crippen LogP contribution in [0.15, 0.2) is 29.8 Å². The van der Waals surface area contributed by atoms with Crippen molar-refractivity contribution in [1.82, 2.24) is 15.2 Å². The van der Waals surface area contributed by atoms with Gasteiger partial charge in [0.25, 0.3) is 5.91 Å². The predicted molar refractivity (Wildman–Crippen MR) is 130 cm³/mol. The number of primary amides is 1. The van der Waals surface area contributed by atoms with E-state index in [9.17, 15) is 24.6 Å². The number of hydrogen-bond donors (Lipinski definition) is 4. The van der Waals surface area contributed by atoms with E-state index < -0.39 is 41.6 Å². The van der Waals surface area contributed by atoms with Crippen LogP contribution >= 0.6 is 11.3 Å². The van der Waals surface area contributed by atoms with Gasteiger partial charge in [-0.3, -0.25) is 9.59 Å². The molecule has 5 N–H and O–H groups in total. The maximum absolute atomic E-state index is 13.2. The summed E-state index contributed by atoms with van der Waals surface area (Å²) in [4.78, 5) is 44.0. The molecule has 1 unspecified atom stereocenters. The van der Waals surface area contributed by atoms with Gasteiger partial charge in [0.15, 0.2) is 6.10 Å². The SMILES string of the molecule is C[C@H](NC(=O)[C@@H]1C[C@@H](O)CN1C(=O)C(OC(N)=O)C(C)(C)C)c1ccc(-c2scnc2CO)cc1. The molecule has 11 heteroatoms. The van der Waals surface area contributed by atoms with Crippen molar-refractivity contribution in [2.24, 2.45) is 11.1 Å². The van der Waals surface area contributed by atoms with Crippen molar-refractivity contribution in [2.75, 3.05) is 6.54 Å². The van der Waals surface area contributed by atoms with Crippen LogP contribution in [0.4, 0.5) is 4.79 Å². The first kappa shape index (κ1) is 26.6. The van der Waals surface area contributed by atoms with Gasteiger partial charge in [-0.25, -0.2) is 9.78 Å². The van der Waals surface area contributed by atoms with E-state index in [4.69, 9.17) is 10.5 Å². The third-order valence-corrected chi connectivity index (χ3v) is 6.85. The lowest BCUT2D eigenvalue weighted by molar-refractivity contribution is -0.150. The number of aromatic nitrogens is 1. The monoisotopic (exact) mass is 504 g/mol. The average Bonchev–Trinajstić information content (AvgIpc) is 3.42. The third kappa shape index (κ3) is 6.16. The van der Waals surface area contributed by atoms with E-state index in [0.717, 1.165) is 16.0 Å². The number of nitrogens with one attached hydrogen (secondary N) is 1. The fourth-order valence-electron chi connectivity index (χ4n) is 4.10. The average molecular weight is 505 g/mol. The Kier molecular flexibility index (Phi) is 8.14. The number of nitrogens with zero attached hydrogens (tertiary/aromatic N) is 2. The van der Waals surface area contributed by atoms with E-state index >= 15 is 0 Å². The zero-order valence-corrected chi connectivity index (χ0v) is 21.0. The molecule has 1 aliphatic heterocycles. The number of nitrogens with two attached hydrogens (primary N) is 1. The van der Waals surface area contributed by atoms with Crippen molar-refractivity contribution >= 4 is 29.2 Å². The molecule has 35 heavy (non-hydrogen) atoms. The Bertz CT molecular complexity index is 1060. The number of rotatable bonds is 7. The molecule has 4 atom stereocenters. The van der Waals surface area contributed by atoms with Gasteiger partial charge in [0, 0.05) is 18.4 Å². The number of benzene rings is 1. The molecule has 1 saturated heterocycles. The number of aliphatic hydroxyl groups excluding tert-OH is 2. The minimum atomic E-state index is -1.19. The van der Waals surface area contributed by atoms with E-state index in [1.54, 1.807) is 26.3 Å². The molecular formula is C24H32N4O6S. The maximum atomic E-state index is 13.2. The summed E-state index contributed by atoms with van der Waals surface area (Å²) < 4.78 is 5.08. The molecule has 1 fully saturated rings. The molecule has 1 aliphatic rings. The number of thiazole rings is 1. The highest BCUT2D eigenvalue weighted by atomic mass is 32.1. The summed E-state index contributed by atoms with van der Waals surface area (Å²) in [5.41, 5.74) is 8.45. The Hall–Kier alpha value is -3.02. The lowest BCUT2D eigenvalue weighted by atomic mass is 9.88. The summed E-state index contributed by atoms with van der Waals surface area (Å²) in [5.74, 6) is -0.988. The zero-order valence-electron chi connectivity index (χ0n) is 20.2. The number of aliphatic hydroxyl groups is 2. The van der Waals surface area contributed by atoms with Crippen LogP contribution in [-0.2, 0) is 20.9 Å². The molecule has 2 aromatic rings. The standard InChI is InChI=1S/C24H32N4O6S/c1-13(14-5-7-15(8-6-14)19-17(11-29)26-12-35-19)27-21(31)18-9-16(30)10-28(18)22(32)20(24(2,3)4)34-23(25)33/h5-8,12-13,16,18,20,29-30H,9-11H2,1-4H3,(H2,25,33)(H,27,31)/t13-,16+,18-,20?/m0/s1. The predicted octanol–water partition coefficient (Wildman–Crippen LogP) is 1.95. The minimum Gasteiger partial charge on any atom is -0.436 e. The van der Waals surface area contributed by atoms with Crippen molar-refractivity contribution in [3.05, 3.63) is 41.0 Å². The largest absolute Gasteiger partial charge is 0.436 e. The van der Waals surface area contributed by atoms with Crippen molar-refractivity contribution in [3.63, 3.8) is 0 Å². The molecule has 0 radical (unpaired) electrons. The Labute approximate surface area is 208 Å². The molecular weight excluding hydrogens is 472 g/mol. The second-order valence-corrected chi connectivity index (χ2v) is 10.6. The van der Waals surface area contributed by atoms with Crippen LogP contribution < -0.4 is 11.1 Å². The Balaban J connectivity index is 1.72. The van der Waals surface area contributed by atoms with Gasteiger partial charge < -0.3 is 30.9 Å². The molecule has 2 heterocycles. The van der Waals surface area contributed by atoms with Gasteiger partial charge in [-0.05, 0) is 18.1 Å². The fraction of sp³-hybridized carbons (Fsp3) is 0.500. The van der Waals surface area contributed by atoms with Crippen LogP contribution in [0.3, 0.4) is 0 Å². The van der Waals surface area contributed by atoms with Crippen LogP contribution in [0.1, 0.15) is 51.4 Å². The molecule has 0 bridgehead atoms. The summed E-state index contributed by atoms with van der Waals surface area (Å²) in [6.45, 7) is 6.81. The minimum absolute atomic E-state index is 0.0449. The van der Waals surface area contributed by atoms with E-state index in [1.807, 2.05) is 31.2 Å². The second-order valence-electron chi connectivity index (χ2n) is 9.72. The van der Waals surface area contributed by atoms with Crippen molar-refractivity contribution in [3.8, 4) is 10.4 Å². The summed E-state index contributed by atoms with van der Waals surface area (Å²) in [5, 5.41) is 22.6. The van der Waals surface area contributed by atoms with E-state index in [0.29, 0.717) is 5.69 Å². The number of hydrogen-bond acceptors (Lipinski definition) is 8. The molecule has 0 aliphatic carbocycles. The van der Waals surface area contributed by atoms with Crippen LogP contribution in [0.2, 0.25) is 0 Å². The van der Waals surface area contributed by atoms with E-state index in [-0.39, 0.29) is 25.6 Å². The molecule has 0 saturated carbocycles.